The van der Waals surface area contributed by atoms with Crippen LogP contribution in [-0.4, -0.2) is 0 Å². The molecule has 8 aromatic rings. The minimum Gasteiger partial charge on any atom is -0.0642 e. The maximum absolute atomic E-state index is 2.40. The summed E-state index contributed by atoms with van der Waals surface area (Å²) in [5.41, 5.74) is 10.7. The third-order valence-electron chi connectivity index (χ3n) is 11.8. The summed E-state index contributed by atoms with van der Waals surface area (Å²) in [6.45, 7) is 18.5. The van der Waals surface area contributed by atoms with Crippen molar-refractivity contribution in [2.75, 3.05) is 0 Å². The highest BCUT2D eigenvalue weighted by Gasteiger charge is 2.28. The number of fused-ring (bicyclic) bond motifs is 4. The molecule has 0 unspecified atom stereocenters. The monoisotopic (exact) mass is 674 g/mol. The predicted octanol–water partition coefficient (Wildman–Crippen LogP) is 14.9. The smallest absolute Gasteiger partial charge is 0.0172 e. The van der Waals surface area contributed by atoms with Gasteiger partial charge in [-0.3, -0.25) is 0 Å². The van der Waals surface area contributed by atoms with Crippen molar-refractivity contribution in [3.63, 3.8) is 0 Å². The van der Waals surface area contributed by atoms with Crippen LogP contribution in [0.3, 0.4) is 0 Å². The highest BCUT2D eigenvalue weighted by Crippen LogP contribution is 2.43. The Morgan fingerprint density at radius 1 is 0.346 bits per heavy atom. The first-order valence-electron chi connectivity index (χ1n) is 19.0. The Balaban J connectivity index is 1.19. The maximum atomic E-state index is 2.40. The Hall–Kier alpha value is -5.20. The molecule has 0 aliphatic carbocycles. The predicted molar refractivity (Wildman–Crippen MR) is 228 cm³/mol. The molecule has 0 radical (unpaired) electrons. The van der Waals surface area contributed by atoms with Gasteiger partial charge in [0.05, 0.1) is 0 Å². The zero-order valence-electron chi connectivity index (χ0n) is 32.1. The van der Waals surface area contributed by atoms with Crippen molar-refractivity contribution >= 4 is 43.1 Å². The Labute approximate surface area is 310 Å². The van der Waals surface area contributed by atoms with Crippen molar-refractivity contribution in [3.8, 4) is 22.3 Å². The van der Waals surface area contributed by atoms with E-state index >= 15 is 0 Å². The average Bonchev–Trinajstić information content (AvgIpc) is 3.14. The van der Waals surface area contributed by atoms with Gasteiger partial charge >= 0.3 is 0 Å². The number of rotatable bonds is 5. The summed E-state index contributed by atoms with van der Waals surface area (Å²) < 4.78 is 0. The molecule has 0 saturated carbocycles. The van der Waals surface area contributed by atoms with Crippen molar-refractivity contribution < 1.29 is 0 Å². The first kappa shape index (κ1) is 33.9. The minimum absolute atomic E-state index is 0.100. The minimum atomic E-state index is -0.123. The Morgan fingerprint density at radius 2 is 0.692 bits per heavy atom. The van der Waals surface area contributed by atoms with E-state index in [1.54, 1.807) is 0 Å². The van der Waals surface area contributed by atoms with Crippen LogP contribution in [0.25, 0.3) is 65.3 Å². The summed E-state index contributed by atoms with van der Waals surface area (Å²) in [4.78, 5) is 0. The van der Waals surface area contributed by atoms with Gasteiger partial charge in [0.25, 0.3) is 0 Å². The van der Waals surface area contributed by atoms with E-state index in [1.165, 1.54) is 87.6 Å². The average molecular weight is 675 g/mol. The molecule has 8 aromatic carbocycles. The lowest BCUT2D eigenvalue weighted by Crippen LogP contribution is -2.22. The van der Waals surface area contributed by atoms with Gasteiger partial charge in [0.15, 0.2) is 0 Å². The number of hydrogen-bond donors (Lipinski definition) is 0. The van der Waals surface area contributed by atoms with Gasteiger partial charge < -0.3 is 0 Å². The number of hydrogen-bond acceptors (Lipinski definition) is 0. The lowest BCUT2D eigenvalue weighted by atomic mass is 9.73. The molecule has 0 heteroatoms. The molecule has 8 rings (SSSR count). The third-order valence-corrected chi connectivity index (χ3v) is 11.8. The van der Waals surface area contributed by atoms with E-state index in [-0.39, 0.29) is 16.2 Å². The first-order chi connectivity index (χ1) is 24.8. The standard InChI is InChI=1S/C52H50/c1-9-52(8,40-22-18-34(19-23-40)48-44-16-12-10-14-36(44)30-38-32-42(50(2,3)4)26-28-46(38)48)41-24-20-35(21-25-41)49-45-17-13-11-15-37(45)31-39-33-43(51(5,6)7)27-29-47(39)49/h10-33H,9H2,1-8H3. The fourth-order valence-electron chi connectivity index (χ4n) is 8.29. The summed E-state index contributed by atoms with van der Waals surface area (Å²) in [6.07, 6.45) is 1.01. The topological polar surface area (TPSA) is 0 Å². The largest absolute Gasteiger partial charge is 0.0642 e. The van der Waals surface area contributed by atoms with E-state index in [4.69, 9.17) is 0 Å². The van der Waals surface area contributed by atoms with Crippen LogP contribution >= 0.6 is 0 Å². The highest BCUT2D eigenvalue weighted by molar-refractivity contribution is 6.14. The van der Waals surface area contributed by atoms with E-state index in [2.05, 4.69) is 201 Å². The van der Waals surface area contributed by atoms with Crippen LogP contribution in [0.5, 0.6) is 0 Å². The van der Waals surface area contributed by atoms with Crippen LogP contribution in [0, 0.1) is 0 Å². The summed E-state index contributed by atoms with van der Waals surface area (Å²) >= 11 is 0. The van der Waals surface area contributed by atoms with Crippen molar-refractivity contribution in [2.24, 2.45) is 0 Å². The molecule has 0 amide bonds. The third kappa shape index (κ3) is 5.79. The molecular weight excluding hydrogens is 625 g/mol. The van der Waals surface area contributed by atoms with Gasteiger partial charge in [0.2, 0.25) is 0 Å². The molecule has 0 N–H and O–H groups in total. The molecule has 0 nitrogen and oxygen atoms in total. The van der Waals surface area contributed by atoms with Gasteiger partial charge in [-0.05, 0) is 117 Å². The van der Waals surface area contributed by atoms with Crippen LogP contribution in [0.15, 0.2) is 146 Å². The highest BCUT2D eigenvalue weighted by atomic mass is 14.3. The Morgan fingerprint density at radius 3 is 1.06 bits per heavy atom. The van der Waals surface area contributed by atoms with Gasteiger partial charge in [-0.25, -0.2) is 0 Å². The summed E-state index contributed by atoms with van der Waals surface area (Å²) in [6, 6.07) is 55.4. The lowest BCUT2D eigenvalue weighted by molar-refractivity contribution is 0.550. The Bertz CT molecular complexity index is 2420. The van der Waals surface area contributed by atoms with Gasteiger partial charge in [0, 0.05) is 5.41 Å². The molecule has 0 aromatic heterocycles. The van der Waals surface area contributed by atoms with Crippen molar-refractivity contribution in [3.05, 3.63) is 168 Å². The van der Waals surface area contributed by atoms with E-state index in [9.17, 15) is 0 Å². The molecule has 0 aliphatic heterocycles. The maximum Gasteiger partial charge on any atom is 0.0172 e. The zero-order valence-corrected chi connectivity index (χ0v) is 32.1. The van der Waals surface area contributed by atoms with Crippen LogP contribution in [0.1, 0.15) is 84.1 Å². The normalized spacial score (nSPS) is 12.7. The van der Waals surface area contributed by atoms with Gasteiger partial charge in [-0.2, -0.15) is 0 Å². The van der Waals surface area contributed by atoms with Crippen LogP contribution in [-0.2, 0) is 16.2 Å². The van der Waals surface area contributed by atoms with Gasteiger partial charge in [-0.1, -0.05) is 189 Å². The fraction of sp³-hybridized carbons (Fsp3) is 0.231. The molecule has 0 atom stereocenters. The first-order valence-corrected chi connectivity index (χ1v) is 19.0. The second-order valence-electron chi connectivity index (χ2n) is 17.2. The van der Waals surface area contributed by atoms with E-state index < -0.39 is 0 Å². The van der Waals surface area contributed by atoms with Crippen molar-refractivity contribution in [1.29, 1.82) is 0 Å². The molecular formula is C52H50. The van der Waals surface area contributed by atoms with Gasteiger partial charge in [-0.15, -0.1) is 0 Å². The molecule has 0 fully saturated rings. The molecule has 0 bridgehead atoms. The Kier molecular flexibility index (Phi) is 8.14. The molecule has 52 heavy (non-hydrogen) atoms. The second kappa shape index (κ2) is 12.5. The molecule has 0 heterocycles. The van der Waals surface area contributed by atoms with E-state index in [0.29, 0.717) is 0 Å². The van der Waals surface area contributed by atoms with E-state index in [1.807, 2.05) is 0 Å². The number of benzene rings is 8. The van der Waals surface area contributed by atoms with Gasteiger partial charge in [0.1, 0.15) is 0 Å². The second-order valence-corrected chi connectivity index (χ2v) is 17.2. The molecule has 0 saturated heterocycles. The molecule has 0 aliphatic rings. The fourth-order valence-corrected chi connectivity index (χ4v) is 8.29. The quantitative estimate of drug-likeness (QED) is 0.159. The summed E-state index contributed by atoms with van der Waals surface area (Å²) in [5.74, 6) is 0. The van der Waals surface area contributed by atoms with E-state index in [0.717, 1.165) is 6.42 Å². The van der Waals surface area contributed by atoms with Crippen molar-refractivity contribution in [1.82, 2.24) is 0 Å². The lowest BCUT2D eigenvalue weighted by Gasteiger charge is -2.30. The zero-order chi connectivity index (χ0) is 36.4. The van der Waals surface area contributed by atoms with Crippen LogP contribution in [0.4, 0.5) is 0 Å². The summed E-state index contributed by atoms with van der Waals surface area (Å²) in [5, 5.41) is 10.4. The van der Waals surface area contributed by atoms with Crippen LogP contribution < -0.4 is 0 Å². The van der Waals surface area contributed by atoms with Crippen LogP contribution in [0.2, 0.25) is 0 Å². The molecule has 0 spiro atoms. The SMILES string of the molecule is CCC(C)(c1ccc(-c2c3ccccc3cc3cc(C(C)(C)C)ccc23)cc1)c1ccc(-c2c3ccccc3cc3cc(C(C)(C)C)ccc23)cc1. The summed E-state index contributed by atoms with van der Waals surface area (Å²) in [7, 11) is 0. The van der Waals surface area contributed by atoms with Crippen molar-refractivity contribution in [2.45, 2.75) is 78.1 Å². The molecule has 258 valence electrons.